The highest BCUT2D eigenvalue weighted by Gasteiger charge is 2.35. The van der Waals surface area contributed by atoms with Crippen molar-refractivity contribution in [3.63, 3.8) is 0 Å². The van der Waals surface area contributed by atoms with Gasteiger partial charge >= 0.3 is 13.7 Å². The van der Waals surface area contributed by atoms with Crippen molar-refractivity contribution in [3.8, 4) is 5.88 Å². The van der Waals surface area contributed by atoms with E-state index in [1.165, 1.54) is 12.3 Å². The first kappa shape index (κ1) is 23.2. The lowest BCUT2D eigenvalue weighted by atomic mass is 9.84. The average Bonchev–Trinajstić information content (AvgIpc) is 3.07. The molecule has 0 aromatic carbocycles. The Bertz CT molecular complexity index is 786. The molecule has 2 rings (SSSR count). The third-order valence-electron chi connectivity index (χ3n) is 4.82. The van der Waals surface area contributed by atoms with Crippen LogP contribution in [0, 0.1) is 0 Å². The van der Waals surface area contributed by atoms with Crippen molar-refractivity contribution in [2.45, 2.75) is 64.5 Å². The summed E-state index contributed by atoms with van der Waals surface area (Å²) >= 11 is 0. The molecule has 29 heavy (non-hydrogen) atoms. The third kappa shape index (κ3) is 6.47. The largest absolute Gasteiger partial charge is 0.468 e. The van der Waals surface area contributed by atoms with Crippen LogP contribution in [-0.2, 0) is 4.65 Å². The minimum atomic E-state index is -4.41. The van der Waals surface area contributed by atoms with Gasteiger partial charge in [-0.2, -0.15) is 18.3 Å². The SMILES string of the molecule is CCC(c1ccc(OCC(F)(F)F)nc1)n1cc([B]OC(C)(C)C(C)(C)O)cn1. The van der Waals surface area contributed by atoms with Crippen molar-refractivity contribution in [3.05, 3.63) is 36.3 Å². The number of ether oxygens (including phenoxy) is 1. The number of hydrogen-bond donors (Lipinski definition) is 1. The van der Waals surface area contributed by atoms with Crippen LogP contribution in [0.1, 0.15) is 52.6 Å². The van der Waals surface area contributed by atoms with Gasteiger partial charge in [0.1, 0.15) is 0 Å². The van der Waals surface area contributed by atoms with E-state index in [1.54, 1.807) is 58.3 Å². The van der Waals surface area contributed by atoms with Gasteiger partial charge in [-0.05, 0) is 51.2 Å². The van der Waals surface area contributed by atoms with Crippen LogP contribution >= 0.6 is 0 Å². The minimum Gasteiger partial charge on any atom is -0.468 e. The van der Waals surface area contributed by atoms with Crippen LogP contribution in [0.15, 0.2) is 30.7 Å². The molecule has 0 aliphatic heterocycles. The van der Waals surface area contributed by atoms with Crippen molar-refractivity contribution >= 4 is 12.9 Å². The van der Waals surface area contributed by atoms with Gasteiger partial charge in [0.25, 0.3) is 0 Å². The number of nitrogens with zero attached hydrogens (tertiary/aromatic N) is 3. The molecule has 0 aliphatic carbocycles. The highest BCUT2D eigenvalue weighted by Crippen LogP contribution is 2.25. The number of aliphatic hydroxyl groups is 1. The van der Waals surface area contributed by atoms with E-state index in [0.717, 1.165) is 11.0 Å². The van der Waals surface area contributed by atoms with E-state index < -0.39 is 24.0 Å². The van der Waals surface area contributed by atoms with Crippen LogP contribution in [0.3, 0.4) is 0 Å². The highest BCUT2D eigenvalue weighted by molar-refractivity contribution is 6.46. The summed E-state index contributed by atoms with van der Waals surface area (Å²) in [6.07, 6.45) is 1.20. The summed E-state index contributed by atoms with van der Waals surface area (Å²) in [7, 11) is 1.54. The van der Waals surface area contributed by atoms with Gasteiger partial charge in [-0.1, -0.05) is 6.92 Å². The molecule has 0 saturated carbocycles. The predicted octanol–water partition coefficient (Wildman–Crippen LogP) is 3.03. The van der Waals surface area contributed by atoms with Gasteiger partial charge in [-0.15, -0.1) is 0 Å². The Morgan fingerprint density at radius 3 is 2.38 bits per heavy atom. The van der Waals surface area contributed by atoms with Crippen LogP contribution < -0.4 is 10.2 Å². The van der Waals surface area contributed by atoms with Gasteiger partial charge in [0, 0.05) is 24.7 Å². The lowest BCUT2D eigenvalue weighted by molar-refractivity contribution is -0.154. The molecule has 0 fully saturated rings. The van der Waals surface area contributed by atoms with E-state index in [2.05, 4.69) is 14.8 Å². The third-order valence-corrected chi connectivity index (χ3v) is 4.82. The minimum absolute atomic E-state index is 0.0855. The van der Waals surface area contributed by atoms with Gasteiger partial charge in [0.05, 0.1) is 17.2 Å². The van der Waals surface area contributed by atoms with E-state index in [0.29, 0.717) is 6.42 Å². The molecule has 0 saturated heterocycles. The van der Waals surface area contributed by atoms with Crippen molar-refractivity contribution in [1.82, 2.24) is 14.8 Å². The van der Waals surface area contributed by atoms with Crippen LogP contribution in [0.4, 0.5) is 13.2 Å². The van der Waals surface area contributed by atoms with E-state index in [9.17, 15) is 18.3 Å². The quantitative estimate of drug-likeness (QED) is 0.642. The van der Waals surface area contributed by atoms with Gasteiger partial charge in [0.15, 0.2) is 6.61 Å². The molecular formula is C19H26BF3N3O3. The fourth-order valence-corrected chi connectivity index (χ4v) is 2.35. The molecule has 0 bridgehead atoms. The molecule has 2 aromatic rings. The number of hydrogen-bond acceptors (Lipinski definition) is 5. The van der Waals surface area contributed by atoms with Crippen molar-refractivity contribution < 1.29 is 27.7 Å². The molecule has 6 nitrogen and oxygen atoms in total. The second-order valence-corrected chi connectivity index (χ2v) is 7.82. The Morgan fingerprint density at radius 1 is 1.17 bits per heavy atom. The monoisotopic (exact) mass is 412 g/mol. The summed E-state index contributed by atoms with van der Waals surface area (Å²) in [5, 5.41) is 14.5. The number of pyridine rings is 1. The van der Waals surface area contributed by atoms with Crippen LogP contribution in [0.5, 0.6) is 5.88 Å². The van der Waals surface area contributed by atoms with Gasteiger partial charge < -0.3 is 14.5 Å². The van der Waals surface area contributed by atoms with E-state index in [1.807, 2.05) is 6.92 Å². The number of alkyl halides is 3. The van der Waals surface area contributed by atoms with Crippen LogP contribution in [-0.4, -0.2) is 51.3 Å². The van der Waals surface area contributed by atoms with E-state index >= 15 is 0 Å². The maximum atomic E-state index is 12.2. The topological polar surface area (TPSA) is 69.4 Å². The molecule has 1 atom stereocenters. The molecular weight excluding hydrogens is 386 g/mol. The predicted molar refractivity (Wildman–Crippen MR) is 103 cm³/mol. The molecule has 1 radical (unpaired) electrons. The number of aromatic nitrogens is 3. The number of rotatable bonds is 9. The van der Waals surface area contributed by atoms with E-state index in [-0.39, 0.29) is 11.9 Å². The molecule has 0 amide bonds. The normalized spacial score (nSPS) is 14.0. The van der Waals surface area contributed by atoms with Crippen molar-refractivity contribution in [1.29, 1.82) is 0 Å². The Hall–Kier alpha value is -2.07. The second kappa shape index (κ2) is 8.75. The first-order valence-electron chi connectivity index (χ1n) is 9.25. The molecule has 10 heteroatoms. The number of halogens is 3. The second-order valence-electron chi connectivity index (χ2n) is 7.82. The molecule has 1 unspecified atom stereocenters. The van der Waals surface area contributed by atoms with Crippen LogP contribution in [0.2, 0.25) is 0 Å². The van der Waals surface area contributed by atoms with Crippen LogP contribution in [0.25, 0.3) is 0 Å². The van der Waals surface area contributed by atoms with Gasteiger partial charge in [-0.3, -0.25) is 4.68 Å². The van der Waals surface area contributed by atoms with Crippen molar-refractivity contribution in [2.24, 2.45) is 0 Å². The molecule has 159 valence electrons. The maximum absolute atomic E-state index is 12.2. The molecule has 1 N–H and O–H groups in total. The summed E-state index contributed by atoms with van der Waals surface area (Å²) in [4.78, 5) is 3.95. The smallest absolute Gasteiger partial charge is 0.422 e. The molecule has 2 heterocycles. The summed E-state index contributed by atoms with van der Waals surface area (Å²) in [6.45, 7) is 7.51. The van der Waals surface area contributed by atoms with Crippen molar-refractivity contribution in [2.75, 3.05) is 6.61 Å². The summed E-state index contributed by atoms with van der Waals surface area (Å²) in [5.41, 5.74) is -0.319. The Morgan fingerprint density at radius 2 is 1.86 bits per heavy atom. The lowest BCUT2D eigenvalue weighted by Gasteiger charge is -2.37. The fraction of sp³-hybridized carbons (Fsp3) is 0.579. The zero-order valence-corrected chi connectivity index (χ0v) is 17.2. The Labute approximate surface area is 169 Å². The van der Waals surface area contributed by atoms with Gasteiger partial charge in [0.2, 0.25) is 5.88 Å². The first-order valence-corrected chi connectivity index (χ1v) is 9.25. The van der Waals surface area contributed by atoms with E-state index in [4.69, 9.17) is 4.65 Å². The summed E-state index contributed by atoms with van der Waals surface area (Å²) in [5.74, 6) is -0.0855. The highest BCUT2D eigenvalue weighted by atomic mass is 19.4. The zero-order chi connectivity index (χ0) is 21.9. The molecule has 0 aliphatic rings. The Balaban J connectivity index is 2.05. The summed E-state index contributed by atoms with van der Waals surface area (Å²) in [6, 6.07) is 2.93. The first-order chi connectivity index (χ1) is 13.3. The molecule has 0 spiro atoms. The summed E-state index contributed by atoms with van der Waals surface area (Å²) < 4.78 is 48.8. The lowest BCUT2D eigenvalue weighted by Crippen LogP contribution is -2.49. The van der Waals surface area contributed by atoms with Gasteiger partial charge in [-0.25, -0.2) is 4.98 Å². The zero-order valence-electron chi connectivity index (χ0n) is 17.2. The average molecular weight is 412 g/mol. The Kier molecular flexibility index (Phi) is 7.00. The molecule has 2 aromatic heterocycles. The fourth-order valence-electron chi connectivity index (χ4n) is 2.35. The maximum Gasteiger partial charge on any atom is 0.422 e. The standard InChI is InChI=1S/C19H26BF3N3O3/c1-6-15(13-7-8-16(24-9-13)28-12-19(21,22)23)26-11-14(10-25-26)20-29-18(4,5)17(2,3)27/h7-11,15,27H,6,12H2,1-5H3.